The Morgan fingerprint density at radius 3 is 1.52 bits per heavy atom. The van der Waals surface area contributed by atoms with Crippen molar-refractivity contribution in [3.8, 4) is 5.75 Å². The molecule has 6 unspecified atom stereocenters. The number of rotatable bonds is 11. The molecule has 4 amide bonds. The van der Waals surface area contributed by atoms with Crippen LogP contribution in [0.5, 0.6) is 5.75 Å². The van der Waals surface area contributed by atoms with Crippen LogP contribution in [-0.4, -0.2) is 56.9 Å². The van der Waals surface area contributed by atoms with Gasteiger partial charge in [0, 0.05) is 51.0 Å². The molecule has 0 aromatic heterocycles. The first-order chi connectivity index (χ1) is 30.9. The van der Waals surface area contributed by atoms with Crippen LogP contribution >= 0.6 is 0 Å². The number of phenolic OH excluding ortho intramolecular Hbond substituents is 1. The maximum absolute atomic E-state index is 14.8. The summed E-state index contributed by atoms with van der Waals surface area (Å²) in [6.45, 7) is 3.86. The molecule has 2 heterocycles. The fraction of sp³-hybridized carbons (Fsp3) is 0.255. The van der Waals surface area contributed by atoms with Gasteiger partial charge in [-0.05, 0) is 128 Å². The van der Waals surface area contributed by atoms with Crippen molar-refractivity contribution in [1.29, 1.82) is 0 Å². The van der Waals surface area contributed by atoms with Gasteiger partial charge in [0.15, 0.2) is 0 Å². The molecule has 0 bridgehead atoms. The van der Waals surface area contributed by atoms with E-state index in [1.54, 1.807) is 66.7 Å². The largest absolute Gasteiger partial charge is 0.507 e. The molecule has 3 fully saturated rings. The van der Waals surface area contributed by atoms with Crippen LogP contribution in [0.3, 0.4) is 0 Å². The van der Waals surface area contributed by atoms with Crippen LogP contribution in [0.25, 0.3) is 0 Å². The SMILES string of the molecule is C=CCc1cccc(C2C3=CCC4C(=O)N(c5ccc(N=Nc6ccc(N(C)C)cc6)cc5)C(=O)C4C3CC3C(=O)N(c4ccc(N=Nc5ccc(N(C)C)cc5)cc4)C(=O)C32)c1O. The Balaban J connectivity index is 1.00. The fourth-order valence-corrected chi connectivity index (χ4v) is 9.83. The van der Waals surface area contributed by atoms with E-state index in [4.69, 9.17) is 0 Å². The summed E-state index contributed by atoms with van der Waals surface area (Å²) >= 11 is 0. The van der Waals surface area contributed by atoms with Crippen molar-refractivity contribution in [2.75, 3.05) is 47.8 Å². The molecule has 1 saturated carbocycles. The number of fused-ring (bicyclic) bond motifs is 4. The van der Waals surface area contributed by atoms with E-state index < -0.39 is 35.5 Å². The Bertz CT molecular complexity index is 2740. The summed E-state index contributed by atoms with van der Waals surface area (Å²) in [5.74, 6) is -5.74. The smallest absolute Gasteiger partial charge is 0.238 e. The van der Waals surface area contributed by atoms with Crippen molar-refractivity contribution >= 4 is 69.1 Å². The molecule has 2 aliphatic heterocycles. The predicted molar refractivity (Wildman–Crippen MR) is 247 cm³/mol. The number of carbonyl (C=O) groups is 4. The van der Waals surface area contributed by atoms with Crippen molar-refractivity contribution in [3.63, 3.8) is 0 Å². The molecule has 2 aliphatic carbocycles. The molecule has 1 N–H and O–H groups in total. The Morgan fingerprint density at radius 2 is 1.05 bits per heavy atom. The Kier molecular flexibility index (Phi) is 11.1. The number of anilines is 4. The summed E-state index contributed by atoms with van der Waals surface area (Å²) in [5, 5.41) is 29.2. The number of benzene rings is 5. The normalized spacial score (nSPS) is 22.8. The number of allylic oxidation sites excluding steroid dienone is 3. The van der Waals surface area contributed by atoms with E-state index in [-0.39, 0.29) is 42.2 Å². The van der Waals surface area contributed by atoms with Gasteiger partial charge in [-0.2, -0.15) is 20.5 Å². The Hall–Kier alpha value is -7.54. The third-order valence-electron chi connectivity index (χ3n) is 13.0. The lowest BCUT2D eigenvalue weighted by Gasteiger charge is -2.44. The number of hydrogen-bond donors (Lipinski definition) is 1. The van der Waals surface area contributed by atoms with Crippen molar-refractivity contribution in [2.45, 2.75) is 25.2 Å². The quantitative estimate of drug-likeness (QED) is 0.0789. The number of hydrogen-bond acceptors (Lipinski definition) is 11. The highest BCUT2D eigenvalue weighted by Gasteiger charge is 2.62. The highest BCUT2D eigenvalue weighted by atomic mass is 16.3. The summed E-state index contributed by atoms with van der Waals surface area (Å²) in [7, 11) is 7.86. The molecular formula is C51H48N8O5. The minimum atomic E-state index is -0.850. The molecule has 2 saturated heterocycles. The van der Waals surface area contributed by atoms with Gasteiger partial charge in [0.2, 0.25) is 23.6 Å². The monoisotopic (exact) mass is 852 g/mol. The molecule has 5 aromatic rings. The van der Waals surface area contributed by atoms with Gasteiger partial charge in [-0.15, -0.1) is 6.58 Å². The highest BCUT2D eigenvalue weighted by Crippen LogP contribution is 2.59. The lowest BCUT2D eigenvalue weighted by Crippen LogP contribution is -2.43. The first-order valence-corrected chi connectivity index (χ1v) is 21.4. The van der Waals surface area contributed by atoms with Crippen molar-refractivity contribution in [3.05, 3.63) is 151 Å². The van der Waals surface area contributed by atoms with Crippen molar-refractivity contribution in [2.24, 2.45) is 50.0 Å². The van der Waals surface area contributed by atoms with E-state index in [0.717, 1.165) is 16.9 Å². The highest BCUT2D eigenvalue weighted by molar-refractivity contribution is 6.24. The molecule has 0 spiro atoms. The van der Waals surface area contributed by atoms with E-state index >= 15 is 0 Å². The van der Waals surface area contributed by atoms with Gasteiger partial charge in [-0.25, -0.2) is 0 Å². The van der Waals surface area contributed by atoms with E-state index in [0.29, 0.717) is 51.7 Å². The van der Waals surface area contributed by atoms with Gasteiger partial charge in [0.1, 0.15) is 5.75 Å². The van der Waals surface area contributed by atoms with Crippen LogP contribution in [0.15, 0.2) is 160 Å². The summed E-state index contributed by atoms with van der Waals surface area (Å²) < 4.78 is 0. The van der Waals surface area contributed by atoms with Gasteiger partial charge in [-0.3, -0.25) is 29.0 Å². The Morgan fingerprint density at radius 1 is 0.594 bits per heavy atom. The minimum absolute atomic E-state index is 0.0258. The first kappa shape index (κ1) is 41.8. The molecule has 13 heteroatoms. The molecule has 9 rings (SSSR count). The number of para-hydroxylation sites is 1. The molecule has 64 heavy (non-hydrogen) atoms. The average Bonchev–Trinajstić information content (AvgIpc) is 3.71. The zero-order chi connectivity index (χ0) is 44.8. The molecule has 5 aromatic carbocycles. The van der Waals surface area contributed by atoms with E-state index in [1.807, 2.05) is 98.7 Å². The van der Waals surface area contributed by atoms with E-state index in [2.05, 4.69) is 27.0 Å². The van der Waals surface area contributed by atoms with Gasteiger partial charge in [-0.1, -0.05) is 35.9 Å². The zero-order valence-corrected chi connectivity index (χ0v) is 36.1. The van der Waals surface area contributed by atoms with Crippen LogP contribution in [0.1, 0.15) is 29.9 Å². The number of carbonyl (C=O) groups excluding carboxylic acids is 4. The molecule has 0 radical (unpaired) electrons. The van der Waals surface area contributed by atoms with Crippen LogP contribution in [-0.2, 0) is 25.6 Å². The zero-order valence-electron chi connectivity index (χ0n) is 36.1. The predicted octanol–water partition coefficient (Wildman–Crippen LogP) is 10.1. The molecule has 13 nitrogen and oxygen atoms in total. The molecule has 322 valence electrons. The molecule has 4 aliphatic rings. The lowest BCUT2D eigenvalue weighted by molar-refractivity contribution is -0.126. The van der Waals surface area contributed by atoms with Crippen LogP contribution in [0, 0.1) is 29.6 Å². The lowest BCUT2D eigenvalue weighted by atomic mass is 9.57. The van der Waals surface area contributed by atoms with E-state index in [9.17, 15) is 24.3 Å². The first-order valence-electron chi connectivity index (χ1n) is 21.4. The minimum Gasteiger partial charge on any atom is -0.507 e. The maximum Gasteiger partial charge on any atom is 0.238 e. The van der Waals surface area contributed by atoms with Crippen molar-refractivity contribution in [1.82, 2.24) is 0 Å². The molecule has 6 atom stereocenters. The number of azo groups is 2. The Labute approximate surface area is 371 Å². The number of nitrogens with zero attached hydrogens (tertiary/aromatic N) is 8. The third kappa shape index (κ3) is 7.46. The van der Waals surface area contributed by atoms with Crippen LogP contribution in [0.2, 0.25) is 0 Å². The van der Waals surface area contributed by atoms with Crippen LogP contribution < -0.4 is 19.6 Å². The maximum atomic E-state index is 14.8. The number of aromatic hydroxyl groups is 1. The second-order valence-corrected chi connectivity index (χ2v) is 17.2. The summed E-state index contributed by atoms with van der Waals surface area (Å²) in [6, 6.07) is 34.4. The summed E-state index contributed by atoms with van der Waals surface area (Å²) in [5.41, 5.74) is 7.29. The standard InChI is InChI=1S/C51H48N8O5/c1-6-8-30-9-7-10-40(47(30)60)44-39-27-28-41-45(50(63)58(48(41)61)37-23-15-33(16-24-37)54-52-31-11-19-35(20-12-31)56(2)3)42(39)29-43-46(44)51(64)59(49(43)62)38-25-17-34(18-26-38)55-53-32-13-21-36(22-14-32)57(4)5/h6-7,9-27,41-46,60H,1,8,28-29H2,2-5H3. The summed E-state index contributed by atoms with van der Waals surface area (Å²) in [4.78, 5) is 64.8. The van der Waals surface area contributed by atoms with Crippen molar-refractivity contribution < 1.29 is 24.3 Å². The third-order valence-corrected chi connectivity index (χ3v) is 13.0. The number of amides is 4. The fourth-order valence-electron chi connectivity index (χ4n) is 9.83. The topological polar surface area (TPSA) is 151 Å². The van der Waals surface area contributed by atoms with E-state index in [1.165, 1.54) is 9.80 Å². The second-order valence-electron chi connectivity index (χ2n) is 17.2. The number of imide groups is 2. The van der Waals surface area contributed by atoms with Crippen LogP contribution in [0.4, 0.5) is 45.5 Å². The molecular weight excluding hydrogens is 805 g/mol. The summed E-state index contributed by atoms with van der Waals surface area (Å²) in [6.07, 6.45) is 4.54. The van der Waals surface area contributed by atoms with Gasteiger partial charge >= 0.3 is 0 Å². The number of phenols is 1. The average molecular weight is 853 g/mol. The van der Waals surface area contributed by atoms with Gasteiger partial charge < -0.3 is 14.9 Å². The second kappa shape index (κ2) is 17.0. The van der Waals surface area contributed by atoms with Gasteiger partial charge in [0.05, 0.1) is 57.8 Å². The van der Waals surface area contributed by atoms with Gasteiger partial charge in [0.25, 0.3) is 0 Å².